The van der Waals surface area contributed by atoms with Gasteiger partial charge in [0, 0.05) is 0 Å². The number of benzene rings is 3. The minimum atomic E-state index is -0.767. The van der Waals surface area contributed by atoms with Crippen LogP contribution in [0.5, 0.6) is 0 Å². The second-order valence-corrected chi connectivity index (χ2v) is 7.39. The van der Waals surface area contributed by atoms with Crippen LogP contribution in [0.15, 0.2) is 84.4 Å². The van der Waals surface area contributed by atoms with E-state index in [2.05, 4.69) is 30.3 Å². The van der Waals surface area contributed by atoms with Gasteiger partial charge in [0.25, 0.3) is 0 Å². The fraction of sp³-hybridized carbons (Fsp3) is 0.120. The van der Waals surface area contributed by atoms with Gasteiger partial charge in [0.05, 0.1) is 11.0 Å². The molecule has 3 aromatic rings. The van der Waals surface area contributed by atoms with Gasteiger partial charge >= 0.3 is 0 Å². The van der Waals surface area contributed by atoms with Crippen molar-refractivity contribution >= 4 is 34.0 Å². The predicted octanol–water partition coefficient (Wildman–Crippen LogP) is 5.48. The van der Waals surface area contributed by atoms with Crippen LogP contribution in [0.3, 0.4) is 0 Å². The third kappa shape index (κ3) is 2.83. The number of fused-ring (bicyclic) bond motifs is 1. The van der Waals surface area contributed by atoms with Crippen LogP contribution >= 0.6 is 0 Å². The highest BCUT2D eigenvalue weighted by Gasteiger charge is 2.39. The highest BCUT2D eigenvalue weighted by molar-refractivity contribution is 6.27. The summed E-state index contributed by atoms with van der Waals surface area (Å²) < 4.78 is 0. The third-order valence-electron chi connectivity index (χ3n) is 5.33. The topological polar surface area (TPSA) is 34.1 Å². The number of allylic oxidation sites excluding steroid dienone is 4. The summed E-state index contributed by atoms with van der Waals surface area (Å²) in [5.41, 5.74) is 2.99. The van der Waals surface area contributed by atoms with Gasteiger partial charge in [-0.2, -0.15) is 0 Å². The van der Waals surface area contributed by atoms with Gasteiger partial charge in [-0.15, -0.1) is 0 Å². The molecule has 0 N–H and O–H groups in total. The van der Waals surface area contributed by atoms with Crippen LogP contribution in [0.4, 0.5) is 0 Å². The SMILES string of the molecule is CC1(C)C(=O)C(C=O)=C(c2ccccc2)C=C1c1ccc2ccccc2c1. The first-order valence-electron chi connectivity index (χ1n) is 9.03. The number of hydrogen-bond donors (Lipinski definition) is 0. The van der Waals surface area contributed by atoms with E-state index < -0.39 is 5.41 Å². The summed E-state index contributed by atoms with van der Waals surface area (Å²) in [6, 6.07) is 24.0. The molecular formula is C25H20O2. The molecule has 0 aromatic heterocycles. The van der Waals surface area contributed by atoms with Crippen molar-refractivity contribution in [1.29, 1.82) is 0 Å². The molecule has 0 amide bonds. The number of Topliss-reactive ketones (excluding diaryl/α,β-unsaturated/α-hetero) is 1. The second kappa shape index (κ2) is 6.48. The van der Waals surface area contributed by atoms with Crippen LogP contribution in [0.25, 0.3) is 21.9 Å². The van der Waals surface area contributed by atoms with E-state index in [4.69, 9.17) is 0 Å². The Morgan fingerprint density at radius 3 is 2.15 bits per heavy atom. The van der Waals surface area contributed by atoms with Crippen LogP contribution in [0.2, 0.25) is 0 Å². The Kier molecular flexibility index (Phi) is 4.12. The first-order valence-corrected chi connectivity index (χ1v) is 9.03. The maximum absolute atomic E-state index is 13.2. The lowest BCUT2D eigenvalue weighted by Gasteiger charge is -2.32. The van der Waals surface area contributed by atoms with Crippen LogP contribution in [-0.4, -0.2) is 12.1 Å². The van der Waals surface area contributed by atoms with Crippen molar-refractivity contribution in [2.24, 2.45) is 5.41 Å². The molecule has 0 radical (unpaired) electrons. The molecule has 1 aliphatic carbocycles. The number of carbonyl (C=O) groups excluding carboxylic acids is 2. The number of ketones is 1. The summed E-state index contributed by atoms with van der Waals surface area (Å²) in [6.07, 6.45) is 2.70. The van der Waals surface area contributed by atoms with E-state index in [-0.39, 0.29) is 11.4 Å². The maximum Gasteiger partial charge on any atom is 0.176 e. The molecule has 2 heteroatoms. The standard InChI is InChI=1S/C25H20O2/c1-25(2)23(20-13-12-17-8-6-7-11-19(17)14-20)15-21(22(16-26)24(25)27)18-9-4-3-5-10-18/h3-16H,1-2H3. The fourth-order valence-electron chi connectivity index (χ4n) is 3.76. The summed E-state index contributed by atoms with van der Waals surface area (Å²) in [5.74, 6) is -0.137. The highest BCUT2D eigenvalue weighted by Crippen LogP contribution is 2.44. The van der Waals surface area contributed by atoms with Crippen molar-refractivity contribution in [3.63, 3.8) is 0 Å². The van der Waals surface area contributed by atoms with E-state index in [1.54, 1.807) is 0 Å². The van der Waals surface area contributed by atoms with Gasteiger partial charge in [0.15, 0.2) is 12.1 Å². The second-order valence-electron chi connectivity index (χ2n) is 7.39. The van der Waals surface area contributed by atoms with Gasteiger partial charge in [-0.1, -0.05) is 66.7 Å². The minimum absolute atomic E-state index is 0.137. The molecule has 132 valence electrons. The lowest BCUT2D eigenvalue weighted by Crippen LogP contribution is -2.31. The molecule has 0 bridgehead atoms. The average Bonchev–Trinajstić information content (AvgIpc) is 2.70. The summed E-state index contributed by atoms with van der Waals surface area (Å²) in [7, 11) is 0. The molecule has 0 saturated carbocycles. The van der Waals surface area contributed by atoms with E-state index in [0.717, 1.165) is 27.5 Å². The van der Waals surface area contributed by atoms with Crippen LogP contribution in [0, 0.1) is 5.41 Å². The highest BCUT2D eigenvalue weighted by atomic mass is 16.1. The van der Waals surface area contributed by atoms with Gasteiger partial charge < -0.3 is 0 Å². The Hall–Kier alpha value is -3.26. The van der Waals surface area contributed by atoms with E-state index in [9.17, 15) is 9.59 Å². The zero-order chi connectivity index (χ0) is 19.0. The van der Waals surface area contributed by atoms with Crippen molar-refractivity contribution in [1.82, 2.24) is 0 Å². The molecule has 4 rings (SSSR count). The van der Waals surface area contributed by atoms with Gasteiger partial charge in [-0.25, -0.2) is 0 Å². The Labute approximate surface area is 158 Å². The third-order valence-corrected chi connectivity index (χ3v) is 5.33. The molecule has 0 fully saturated rings. The minimum Gasteiger partial charge on any atom is -0.298 e. The summed E-state index contributed by atoms with van der Waals surface area (Å²) >= 11 is 0. The number of hydrogen-bond acceptors (Lipinski definition) is 2. The summed E-state index contributed by atoms with van der Waals surface area (Å²) in [4.78, 5) is 24.9. The zero-order valence-corrected chi connectivity index (χ0v) is 15.4. The largest absolute Gasteiger partial charge is 0.298 e. The van der Waals surface area contributed by atoms with Gasteiger partial charge in [-0.05, 0) is 59.0 Å². The normalized spacial score (nSPS) is 16.4. The monoisotopic (exact) mass is 352 g/mol. The molecular weight excluding hydrogens is 332 g/mol. The zero-order valence-electron chi connectivity index (χ0n) is 15.4. The molecule has 0 heterocycles. The lowest BCUT2D eigenvalue weighted by molar-refractivity contribution is -0.122. The Balaban J connectivity index is 1.96. The van der Waals surface area contributed by atoms with E-state index in [1.165, 1.54) is 0 Å². The van der Waals surface area contributed by atoms with Gasteiger partial charge in [0.1, 0.15) is 0 Å². The Morgan fingerprint density at radius 2 is 1.44 bits per heavy atom. The van der Waals surface area contributed by atoms with E-state index >= 15 is 0 Å². The Morgan fingerprint density at radius 1 is 0.778 bits per heavy atom. The predicted molar refractivity (Wildman–Crippen MR) is 110 cm³/mol. The molecule has 0 atom stereocenters. The van der Waals surface area contributed by atoms with Crippen LogP contribution < -0.4 is 0 Å². The molecule has 3 aromatic carbocycles. The van der Waals surface area contributed by atoms with Crippen molar-refractivity contribution in [2.75, 3.05) is 0 Å². The molecule has 27 heavy (non-hydrogen) atoms. The molecule has 2 nitrogen and oxygen atoms in total. The molecule has 0 aliphatic heterocycles. The molecule has 0 saturated heterocycles. The van der Waals surface area contributed by atoms with Gasteiger partial charge in [-0.3, -0.25) is 9.59 Å². The van der Waals surface area contributed by atoms with E-state index in [1.807, 2.05) is 62.4 Å². The van der Waals surface area contributed by atoms with Crippen molar-refractivity contribution in [3.8, 4) is 0 Å². The number of aldehydes is 1. The smallest absolute Gasteiger partial charge is 0.176 e. The van der Waals surface area contributed by atoms with Gasteiger partial charge in [0.2, 0.25) is 0 Å². The fourth-order valence-corrected chi connectivity index (χ4v) is 3.76. The van der Waals surface area contributed by atoms with Crippen LogP contribution in [0.1, 0.15) is 25.0 Å². The quantitative estimate of drug-likeness (QED) is 0.462. The summed E-state index contributed by atoms with van der Waals surface area (Å²) in [6.45, 7) is 3.78. The number of carbonyl (C=O) groups is 2. The molecule has 0 unspecified atom stereocenters. The first-order chi connectivity index (χ1) is 13.0. The van der Waals surface area contributed by atoms with Crippen molar-refractivity contribution in [2.45, 2.75) is 13.8 Å². The van der Waals surface area contributed by atoms with Crippen molar-refractivity contribution in [3.05, 3.63) is 95.6 Å². The lowest BCUT2D eigenvalue weighted by atomic mass is 9.69. The van der Waals surface area contributed by atoms with Crippen LogP contribution in [-0.2, 0) is 9.59 Å². The molecule has 1 aliphatic rings. The Bertz CT molecular complexity index is 1120. The maximum atomic E-state index is 13.2. The average molecular weight is 352 g/mol. The first kappa shape index (κ1) is 17.2. The number of rotatable bonds is 3. The molecule has 0 spiro atoms. The summed E-state index contributed by atoms with van der Waals surface area (Å²) in [5, 5.41) is 2.29. The van der Waals surface area contributed by atoms with Crippen molar-refractivity contribution < 1.29 is 9.59 Å². The van der Waals surface area contributed by atoms with E-state index in [0.29, 0.717) is 11.9 Å².